The molecular formula is C42H41N2+. The van der Waals surface area contributed by atoms with E-state index in [1.807, 2.05) is 0 Å². The van der Waals surface area contributed by atoms with Gasteiger partial charge in [-0.1, -0.05) is 128 Å². The zero-order valence-corrected chi connectivity index (χ0v) is 26.4. The Bertz CT molecular complexity index is 2140. The molecule has 0 bridgehead atoms. The molecule has 2 heterocycles. The molecule has 44 heavy (non-hydrogen) atoms. The molecule has 2 aromatic heterocycles. The molecule has 8 rings (SSSR count). The van der Waals surface area contributed by atoms with Crippen LogP contribution >= 0.6 is 0 Å². The smallest absolute Gasteiger partial charge is 0.167 e. The maximum absolute atomic E-state index is 4.14. The normalized spacial score (nSPS) is 19.3. The first-order chi connectivity index (χ1) is 21.4. The Morgan fingerprint density at radius 2 is 1.61 bits per heavy atom. The van der Waals surface area contributed by atoms with Crippen LogP contribution in [0.5, 0.6) is 0 Å². The second kappa shape index (κ2) is 9.79. The molecule has 2 aliphatic rings. The van der Waals surface area contributed by atoms with Gasteiger partial charge >= 0.3 is 0 Å². The highest BCUT2D eigenvalue weighted by atomic mass is 15.2. The number of H-pyrrole nitrogens is 1. The second-order valence-electron chi connectivity index (χ2n) is 13.5. The van der Waals surface area contributed by atoms with Gasteiger partial charge in [0.2, 0.25) is 11.0 Å². The highest BCUT2D eigenvalue weighted by molar-refractivity contribution is 6.17. The maximum atomic E-state index is 4.14. The summed E-state index contributed by atoms with van der Waals surface area (Å²) in [4.78, 5) is 0. The van der Waals surface area contributed by atoms with Gasteiger partial charge in [-0.25, -0.2) is 0 Å². The van der Waals surface area contributed by atoms with Gasteiger partial charge in [0.1, 0.15) is 0 Å². The van der Waals surface area contributed by atoms with Crippen LogP contribution in [0.25, 0.3) is 49.4 Å². The van der Waals surface area contributed by atoms with E-state index in [0.29, 0.717) is 5.92 Å². The minimum absolute atomic E-state index is 0.0462. The average molecular weight is 574 g/mol. The Morgan fingerprint density at radius 1 is 0.841 bits per heavy atom. The van der Waals surface area contributed by atoms with Crippen LogP contribution in [0.1, 0.15) is 58.1 Å². The van der Waals surface area contributed by atoms with Gasteiger partial charge in [-0.05, 0) is 70.9 Å². The third kappa shape index (κ3) is 3.57. The van der Waals surface area contributed by atoms with Crippen LogP contribution in [0.2, 0.25) is 0 Å². The molecule has 2 unspecified atom stereocenters. The largest absolute Gasteiger partial charge is 0.248 e. The average Bonchev–Trinajstić information content (AvgIpc) is 3.68. The van der Waals surface area contributed by atoms with Crippen LogP contribution in [0.15, 0.2) is 121 Å². The zero-order chi connectivity index (χ0) is 30.2. The number of pyridine rings is 1. The molecule has 0 radical (unpaired) electrons. The predicted molar refractivity (Wildman–Crippen MR) is 185 cm³/mol. The summed E-state index contributed by atoms with van der Waals surface area (Å²) in [6.45, 7) is 13.7. The summed E-state index contributed by atoms with van der Waals surface area (Å²) in [6, 6.07) is 34.1. The Hall–Kier alpha value is -4.43. The van der Waals surface area contributed by atoms with Crippen molar-refractivity contribution in [3.8, 4) is 22.3 Å². The molecule has 6 aromatic rings. The van der Waals surface area contributed by atoms with E-state index < -0.39 is 0 Å². The number of allylic oxidation sites excluding steroid dienone is 3. The molecule has 2 nitrogen and oxygen atoms in total. The summed E-state index contributed by atoms with van der Waals surface area (Å²) in [5.74, 6) is 0.470. The standard InChI is InChI=1S/C42H40N2/c1-6-27(7-2)24-28-18-19-32-34(25-28)39-33(31-17-13-12-16-30(31)29-14-10-9-11-15-29)20-21-35(40(39)44-38(32)22-23-43-44)42(8-3)37-26-36(37)41(42,4)5/h6,9-23,25,27H,1,7-8,24,26H2,2-5H3/p+1. The summed E-state index contributed by atoms with van der Waals surface area (Å²) in [6.07, 6.45) is 8.63. The van der Waals surface area contributed by atoms with Crippen molar-refractivity contribution in [2.45, 2.75) is 58.8 Å². The van der Waals surface area contributed by atoms with Crippen molar-refractivity contribution in [2.24, 2.45) is 11.3 Å². The molecule has 218 valence electrons. The number of aromatic amines is 1. The predicted octanol–water partition coefficient (Wildman–Crippen LogP) is 10.5. The van der Waals surface area contributed by atoms with E-state index in [0.717, 1.165) is 19.3 Å². The van der Waals surface area contributed by atoms with Gasteiger partial charge in [-0.2, -0.15) is 5.10 Å². The molecule has 0 saturated carbocycles. The van der Waals surface area contributed by atoms with Crippen LogP contribution in [0, 0.1) is 11.3 Å². The van der Waals surface area contributed by atoms with Crippen molar-refractivity contribution in [1.29, 1.82) is 0 Å². The number of benzene rings is 4. The maximum Gasteiger partial charge on any atom is 0.248 e. The van der Waals surface area contributed by atoms with Crippen LogP contribution in [0.3, 0.4) is 0 Å². The molecular weight excluding hydrogens is 532 g/mol. The molecule has 2 atom stereocenters. The lowest BCUT2D eigenvalue weighted by Gasteiger charge is -2.49. The van der Waals surface area contributed by atoms with Crippen molar-refractivity contribution in [1.82, 2.24) is 5.10 Å². The molecule has 0 fully saturated rings. The minimum atomic E-state index is 0.0462. The first-order valence-corrected chi connectivity index (χ1v) is 16.4. The Balaban J connectivity index is 1.53. The van der Waals surface area contributed by atoms with Crippen molar-refractivity contribution in [3.05, 3.63) is 132 Å². The summed E-state index contributed by atoms with van der Waals surface area (Å²) < 4.78 is 2.38. The number of nitrogens with one attached hydrogen (secondary N) is 1. The lowest BCUT2D eigenvalue weighted by molar-refractivity contribution is -0.547. The molecule has 1 N–H and O–H groups in total. The molecule has 2 aliphatic carbocycles. The van der Waals surface area contributed by atoms with E-state index >= 15 is 0 Å². The minimum Gasteiger partial charge on any atom is -0.167 e. The fraction of sp³-hybridized carbons (Fsp3) is 0.262. The van der Waals surface area contributed by atoms with Crippen molar-refractivity contribution >= 4 is 27.2 Å². The number of nitrogens with zero attached hydrogens (tertiary/aromatic N) is 1. The third-order valence-electron chi connectivity index (χ3n) is 11.3. The highest BCUT2D eigenvalue weighted by Crippen LogP contribution is 2.74. The first kappa shape index (κ1) is 27.1. The van der Waals surface area contributed by atoms with Crippen LogP contribution in [-0.4, -0.2) is 5.10 Å². The number of hydrogen-bond acceptors (Lipinski definition) is 0. The van der Waals surface area contributed by atoms with E-state index in [9.17, 15) is 0 Å². The van der Waals surface area contributed by atoms with Gasteiger partial charge in [-0.3, -0.25) is 0 Å². The number of hydrogen-bond donors (Lipinski definition) is 1. The second-order valence-corrected chi connectivity index (χ2v) is 13.5. The Labute approximate surface area is 260 Å². The lowest BCUT2D eigenvalue weighted by Crippen LogP contribution is -2.46. The SMILES string of the molecule is C=CC(CC)Cc1ccc2c(c1)c1c(-c3ccccc3-c3ccccc3)ccc(C3(CC)C4=C(C4)C3(C)C)c1[n+]1[nH]ccc21. The topological polar surface area (TPSA) is 19.9 Å². The van der Waals surface area contributed by atoms with Crippen molar-refractivity contribution in [3.63, 3.8) is 0 Å². The van der Waals surface area contributed by atoms with Crippen LogP contribution in [0.4, 0.5) is 0 Å². The Kier molecular flexibility index (Phi) is 6.04. The van der Waals surface area contributed by atoms with Gasteiger partial charge in [0.15, 0.2) is 0 Å². The van der Waals surface area contributed by atoms with Gasteiger partial charge in [0.25, 0.3) is 0 Å². The molecule has 0 amide bonds. The van der Waals surface area contributed by atoms with Crippen molar-refractivity contribution in [2.75, 3.05) is 0 Å². The summed E-state index contributed by atoms with van der Waals surface area (Å²) >= 11 is 0. The summed E-state index contributed by atoms with van der Waals surface area (Å²) in [5, 5.41) is 7.64. The van der Waals surface area contributed by atoms with E-state index in [-0.39, 0.29) is 10.8 Å². The van der Waals surface area contributed by atoms with E-state index in [4.69, 9.17) is 0 Å². The molecule has 0 saturated heterocycles. The van der Waals surface area contributed by atoms with E-state index in [1.54, 1.807) is 11.1 Å². The van der Waals surface area contributed by atoms with E-state index in [1.165, 1.54) is 67.0 Å². The van der Waals surface area contributed by atoms with E-state index in [2.05, 4.69) is 147 Å². The van der Waals surface area contributed by atoms with Crippen LogP contribution in [-0.2, 0) is 11.8 Å². The van der Waals surface area contributed by atoms with Gasteiger partial charge < -0.3 is 0 Å². The van der Waals surface area contributed by atoms with Gasteiger partial charge in [0, 0.05) is 22.4 Å². The lowest BCUT2D eigenvalue weighted by atomic mass is 9.53. The fourth-order valence-corrected chi connectivity index (χ4v) is 8.88. The fourth-order valence-electron chi connectivity index (χ4n) is 8.88. The third-order valence-corrected chi connectivity index (χ3v) is 11.3. The molecule has 2 heteroatoms. The number of aromatic nitrogens is 2. The van der Waals surface area contributed by atoms with Crippen molar-refractivity contribution < 1.29 is 4.52 Å². The first-order valence-electron chi connectivity index (χ1n) is 16.4. The summed E-state index contributed by atoms with van der Waals surface area (Å²) in [5.41, 5.74) is 14.0. The van der Waals surface area contributed by atoms with Gasteiger partial charge in [-0.15, -0.1) is 6.58 Å². The zero-order valence-electron chi connectivity index (χ0n) is 26.4. The monoisotopic (exact) mass is 573 g/mol. The number of fused-ring (bicyclic) bond motifs is 6. The Morgan fingerprint density at radius 3 is 2.32 bits per heavy atom. The van der Waals surface area contributed by atoms with Gasteiger partial charge in [0.05, 0.1) is 17.0 Å². The quantitative estimate of drug-likeness (QED) is 0.106. The summed E-state index contributed by atoms with van der Waals surface area (Å²) in [7, 11) is 0. The highest BCUT2D eigenvalue weighted by Gasteiger charge is 2.67. The van der Waals surface area contributed by atoms with Crippen LogP contribution < -0.4 is 4.52 Å². The molecule has 0 spiro atoms. The molecule has 4 aromatic carbocycles. The molecule has 0 aliphatic heterocycles. The number of rotatable bonds is 8.